The molecule has 0 N–H and O–H groups in total. The zero-order valence-corrected chi connectivity index (χ0v) is 13.7. The predicted molar refractivity (Wildman–Crippen MR) is 85.4 cm³/mol. The molecule has 0 aromatic heterocycles. The largest absolute Gasteiger partial charge is 0.497 e. The monoisotopic (exact) mass is 324 g/mol. The van der Waals surface area contributed by atoms with E-state index in [-0.39, 0.29) is 11.8 Å². The molecule has 120 valence electrons. The summed E-state index contributed by atoms with van der Waals surface area (Å²) in [6.45, 7) is 4.30. The van der Waals surface area contributed by atoms with Crippen LogP contribution >= 0.6 is 11.6 Å². The molecule has 0 bridgehead atoms. The minimum absolute atomic E-state index is 0.0987. The maximum absolute atomic E-state index is 12.6. The average Bonchev–Trinajstić information content (AvgIpc) is 2.79. The Labute approximate surface area is 135 Å². The first-order valence-corrected chi connectivity index (χ1v) is 7.85. The van der Waals surface area contributed by atoms with Crippen LogP contribution in [0.15, 0.2) is 18.2 Å². The maximum Gasteiger partial charge on any atom is 0.255 e. The number of amides is 2. The highest BCUT2D eigenvalue weighted by atomic mass is 35.5. The lowest BCUT2D eigenvalue weighted by molar-refractivity contribution is -0.130. The molecule has 1 fully saturated rings. The molecule has 0 radical (unpaired) electrons. The number of benzene rings is 1. The van der Waals surface area contributed by atoms with Crippen molar-refractivity contribution in [2.45, 2.75) is 19.8 Å². The van der Waals surface area contributed by atoms with E-state index in [1.807, 2.05) is 11.8 Å². The van der Waals surface area contributed by atoms with E-state index < -0.39 is 0 Å². The van der Waals surface area contributed by atoms with Gasteiger partial charge in [-0.3, -0.25) is 9.59 Å². The molecule has 0 saturated carbocycles. The Kier molecular flexibility index (Phi) is 5.66. The number of rotatable bonds is 3. The van der Waals surface area contributed by atoms with E-state index in [2.05, 4.69) is 0 Å². The molecule has 0 unspecified atom stereocenters. The number of ether oxygens (including phenoxy) is 1. The van der Waals surface area contributed by atoms with E-state index in [1.165, 1.54) is 0 Å². The molecule has 0 atom stereocenters. The molecular formula is C16H21ClN2O3. The Morgan fingerprint density at radius 1 is 1.18 bits per heavy atom. The van der Waals surface area contributed by atoms with Crippen LogP contribution in [0.4, 0.5) is 0 Å². The molecule has 1 aliphatic rings. The van der Waals surface area contributed by atoms with E-state index in [0.717, 1.165) is 6.42 Å². The molecule has 0 aliphatic carbocycles. The van der Waals surface area contributed by atoms with Crippen LogP contribution in [0, 0.1) is 0 Å². The van der Waals surface area contributed by atoms with Crippen LogP contribution in [0.2, 0.25) is 5.02 Å². The van der Waals surface area contributed by atoms with Crippen LogP contribution in [0.5, 0.6) is 5.75 Å². The number of carbonyl (C=O) groups excluding carboxylic acids is 2. The minimum atomic E-state index is -0.0987. The Bertz CT molecular complexity index is 562. The summed E-state index contributed by atoms with van der Waals surface area (Å²) in [4.78, 5) is 28.0. The highest BCUT2D eigenvalue weighted by Crippen LogP contribution is 2.24. The third kappa shape index (κ3) is 3.71. The maximum atomic E-state index is 12.6. The molecule has 22 heavy (non-hydrogen) atoms. The summed E-state index contributed by atoms with van der Waals surface area (Å²) < 4.78 is 5.09. The summed E-state index contributed by atoms with van der Waals surface area (Å²) >= 11 is 6.17. The van der Waals surface area contributed by atoms with Gasteiger partial charge in [0.1, 0.15) is 5.75 Å². The van der Waals surface area contributed by atoms with Crippen molar-refractivity contribution in [1.82, 2.24) is 9.80 Å². The van der Waals surface area contributed by atoms with Crippen LogP contribution in [0.3, 0.4) is 0 Å². The van der Waals surface area contributed by atoms with Crippen LogP contribution in [0.25, 0.3) is 0 Å². The van der Waals surface area contributed by atoms with Crippen molar-refractivity contribution in [1.29, 1.82) is 0 Å². The highest BCUT2D eigenvalue weighted by Gasteiger charge is 2.23. The first-order chi connectivity index (χ1) is 10.6. The van der Waals surface area contributed by atoms with Crippen LogP contribution in [0.1, 0.15) is 30.1 Å². The van der Waals surface area contributed by atoms with Crippen molar-refractivity contribution in [2.24, 2.45) is 0 Å². The van der Waals surface area contributed by atoms with Crippen molar-refractivity contribution in [3.8, 4) is 5.75 Å². The number of hydrogen-bond donors (Lipinski definition) is 0. The number of halogens is 1. The minimum Gasteiger partial charge on any atom is -0.497 e. The second-order valence-electron chi connectivity index (χ2n) is 5.23. The molecule has 1 aliphatic heterocycles. The molecule has 6 heteroatoms. The van der Waals surface area contributed by atoms with Gasteiger partial charge < -0.3 is 14.5 Å². The van der Waals surface area contributed by atoms with Gasteiger partial charge in [-0.15, -0.1) is 0 Å². The highest BCUT2D eigenvalue weighted by molar-refractivity contribution is 6.34. The van der Waals surface area contributed by atoms with Crippen LogP contribution in [-0.2, 0) is 4.79 Å². The quantitative estimate of drug-likeness (QED) is 0.858. The van der Waals surface area contributed by atoms with Crippen molar-refractivity contribution in [3.63, 3.8) is 0 Å². The molecule has 1 saturated heterocycles. The second kappa shape index (κ2) is 7.49. The van der Waals surface area contributed by atoms with Gasteiger partial charge in [-0.2, -0.15) is 0 Å². The predicted octanol–water partition coefficient (Wildman–Crippen LogP) is 2.43. The molecule has 1 aromatic rings. The molecule has 5 nitrogen and oxygen atoms in total. The van der Waals surface area contributed by atoms with Crippen molar-refractivity contribution in [3.05, 3.63) is 28.8 Å². The molecule has 1 aromatic carbocycles. The van der Waals surface area contributed by atoms with Gasteiger partial charge in [-0.25, -0.2) is 0 Å². The van der Waals surface area contributed by atoms with Gasteiger partial charge in [0, 0.05) is 32.6 Å². The molecule has 0 spiro atoms. The number of carbonyl (C=O) groups is 2. The van der Waals surface area contributed by atoms with E-state index in [0.29, 0.717) is 48.9 Å². The molecule has 2 amide bonds. The lowest BCUT2D eigenvalue weighted by Gasteiger charge is -2.22. The van der Waals surface area contributed by atoms with Gasteiger partial charge in [0.15, 0.2) is 0 Å². The third-order valence-electron chi connectivity index (χ3n) is 3.84. The van der Waals surface area contributed by atoms with E-state index >= 15 is 0 Å². The van der Waals surface area contributed by atoms with E-state index in [9.17, 15) is 9.59 Å². The van der Waals surface area contributed by atoms with E-state index in [1.54, 1.807) is 30.2 Å². The second-order valence-corrected chi connectivity index (χ2v) is 5.63. The van der Waals surface area contributed by atoms with Gasteiger partial charge in [0.25, 0.3) is 5.91 Å². The first kappa shape index (κ1) is 16.6. The Morgan fingerprint density at radius 3 is 2.50 bits per heavy atom. The summed E-state index contributed by atoms with van der Waals surface area (Å²) in [5.41, 5.74) is 0.470. The fourth-order valence-electron chi connectivity index (χ4n) is 2.56. The first-order valence-electron chi connectivity index (χ1n) is 7.47. The summed E-state index contributed by atoms with van der Waals surface area (Å²) in [6.07, 6.45) is 1.28. The van der Waals surface area contributed by atoms with E-state index in [4.69, 9.17) is 16.3 Å². The molecule has 1 heterocycles. The lowest BCUT2D eigenvalue weighted by atomic mass is 10.2. The number of methoxy groups -OCH3 is 1. The Morgan fingerprint density at radius 2 is 1.86 bits per heavy atom. The fraction of sp³-hybridized carbons (Fsp3) is 0.500. The molecule has 2 rings (SSSR count). The zero-order valence-electron chi connectivity index (χ0n) is 13.0. The Balaban J connectivity index is 2.08. The number of nitrogens with zero attached hydrogens (tertiary/aromatic N) is 2. The van der Waals surface area contributed by atoms with Gasteiger partial charge in [-0.1, -0.05) is 18.5 Å². The van der Waals surface area contributed by atoms with Crippen molar-refractivity contribution >= 4 is 23.4 Å². The normalized spacial score (nSPS) is 15.4. The van der Waals surface area contributed by atoms with Crippen molar-refractivity contribution < 1.29 is 14.3 Å². The lowest BCUT2D eigenvalue weighted by Crippen LogP contribution is -2.37. The SMILES string of the molecule is CCC(=O)N1CCCN(C(=O)c2ccc(OC)cc2Cl)CC1. The molecular weight excluding hydrogens is 304 g/mol. The zero-order chi connectivity index (χ0) is 16.1. The number of hydrogen-bond acceptors (Lipinski definition) is 3. The van der Waals surface area contributed by atoms with Gasteiger partial charge in [0.05, 0.1) is 17.7 Å². The van der Waals surface area contributed by atoms with Gasteiger partial charge in [0.2, 0.25) is 5.91 Å². The van der Waals surface area contributed by atoms with Crippen molar-refractivity contribution in [2.75, 3.05) is 33.3 Å². The summed E-state index contributed by atoms with van der Waals surface area (Å²) in [5.74, 6) is 0.660. The van der Waals surface area contributed by atoms with Gasteiger partial charge >= 0.3 is 0 Å². The summed E-state index contributed by atoms with van der Waals surface area (Å²) in [5, 5.41) is 0.384. The average molecular weight is 325 g/mol. The van der Waals surface area contributed by atoms with Gasteiger partial charge in [-0.05, 0) is 24.6 Å². The summed E-state index contributed by atoms with van der Waals surface area (Å²) in [7, 11) is 1.56. The Hall–Kier alpha value is -1.75. The smallest absolute Gasteiger partial charge is 0.255 e. The van der Waals surface area contributed by atoms with Crippen LogP contribution < -0.4 is 4.74 Å². The fourth-order valence-corrected chi connectivity index (χ4v) is 2.81. The topological polar surface area (TPSA) is 49.9 Å². The van der Waals surface area contributed by atoms with Crippen LogP contribution in [-0.4, -0.2) is 54.9 Å². The summed E-state index contributed by atoms with van der Waals surface area (Å²) in [6, 6.07) is 5.05. The standard InChI is InChI=1S/C16H21ClN2O3/c1-3-15(20)18-7-4-8-19(10-9-18)16(21)13-6-5-12(22-2)11-14(13)17/h5-6,11H,3-4,7-10H2,1-2H3. The third-order valence-corrected chi connectivity index (χ3v) is 4.16.